The maximum Gasteiger partial charge on any atom is 0.336 e. The highest BCUT2D eigenvalue weighted by Gasteiger charge is 2.32. The number of aliphatic carboxylic acids is 1. The Balaban J connectivity index is 3.03. The topological polar surface area (TPSA) is 113 Å². The molecule has 0 radical (unpaired) electrons. The molecule has 3 N–H and O–H groups in total. The minimum absolute atomic E-state index is 0.113. The lowest BCUT2D eigenvalue weighted by Crippen LogP contribution is -2.46. The summed E-state index contributed by atoms with van der Waals surface area (Å²) in [5.74, 6) is -1.19. The number of sulfonamides is 1. The zero-order chi connectivity index (χ0) is 15.6. The van der Waals surface area contributed by atoms with E-state index in [-0.39, 0.29) is 4.90 Å². The quantitative estimate of drug-likeness (QED) is 0.677. The molecular weight excluding hydrogens is 354 g/mol. The van der Waals surface area contributed by atoms with Crippen LogP contribution in [-0.4, -0.2) is 43.9 Å². The number of aliphatic hydroxyl groups is 1. The van der Waals surface area contributed by atoms with Crippen molar-refractivity contribution in [3.63, 3.8) is 0 Å². The van der Waals surface area contributed by atoms with Gasteiger partial charge >= 0.3 is 5.97 Å². The van der Waals surface area contributed by atoms with Gasteiger partial charge in [0.05, 0.1) is 18.6 Å². The zero-order valence-corrected chi connectivity index (χ0v) is 13.2. The molecule has 0 aromatic heterocycles. The van der Waals surface area contributed by atoms with Crippen molar-refractivity contribution in [3.8, 4) is 5.75 Å². The molecule has 0 bridgehead atoms. The Kier molecular flexibility index (Phi) is 5.14. The maximum atomic E-state index is 12.1. The van der Waals surface area contributed by atoms with Gasteiger partial charge < -0.3 is 14.9 Å². The molecule has 1 aromatic rings. The lowest BCUT2D eigenvalue weighted by molar-refractivity contribution is -0.155. The number of carbonyl (C=O) groups is 1. The fourth-order valence-electron chi connectivity index (χ4n) is 1.21. The van der Waals surface area contributed by atoms with Gasteiger partial charge in [-0.2, -0.15) is 0 Å². The largest absolute Gasteiger partial charge is 0.497 e. The van der Waals surface area contributed by atoms with Crippen LogP contribution in [0.15, 0.2) is 27.6 Å². The Labute approximate surface area is 124 Å². The molecule has 1 rings (SSSR count). The van der Waals surface area contributed by atoms with Crippen LogP contribution in [0.25, 0.3) is 0 Å². The molecule has 0 saturated carbocycles. The van der Waals surface area contributed by atoms with Gasteiger partial charge in [-0.05, 0) is 35.0 Å². The first kappa shape index (κ1) is 16.9. The predicted molar refractivity (Wildman–Crippen MR) is 74.1 cm³/mol. The van der Waals surface area contributed by atoms with E-state index in [4.69, 9.17) is 9.84 Å². The van der Waals surface area contributed by atoms with Crippen LogP contribution in [0, 0.1) is 0 Å². The van der Waals surface area contributed by atoms with Crippen molar-refractivity contribution in [2.24, 2.45) is 0 Å². The van der Waals surface area contributed by atoms with Crippen molar-refractivity contribution in [1.29, 1.82) is 0 Å². The zero-order valence-electron chi connectivity index (χ0n) is 10.8. The molecule has 0 saturated heterocycles. The minimum Gasteiger partial charge on any atom is -0.497 e. The molecule has 0 amide bonds. The van der Waals surface area contributed by atoms with Gasteiger partial charge in [0.1, 0.15) is 5.75 Å². The molecule has 1 aromatic carbocycles. The first-order valence-corrected chi connectivity index (χ1v) is 7.67. The highest BCUT2D eigenvalue weighted by atomic mass is 79.9. The van der Waals surface area contributed by atoms with Gasteiger partial charge in [-0.15, -0.1) is 0 Å². The highest BCUT2D eigenvalue weighted by molar-refractivity contribution is 9.10. The number of halogens is 1. The third-order valence-electron chi connectivity index (χ3n) is 2.50. The molecule has 112 valence electrons. The van der Waals surface area contributed by atoms with Crippen LogP contribution < -0.4 is 9.46 Å². The number of rotatable bonds is 6. The van der Waals surface area contributed by atoms with E-state index in [1.54, 1.807) is 6.07 Å². The molecule has 1 unspecified atom stereocenters. The third kappa shape index (κ3) is 3.92. The predicted octanol–water partition coefficient (Wildman–Crippen LogP) is 0.572. The normalized spacial score (nSPS) is 14.6. The van der Waals surface area contributed by atoms with Gasteiger partial charge in [0.15, 0.2) is 5.60 Å². The fraction of sp³-hybridized carbons (Fsp3) is 0.364. The number of ether oxygens (including phenoxy) is 1. The Hall–Kier alpha value is -1.16. The van der Waals surface area contributed by atoms with E-state index < -0.39 is 28.1 Å². The fourth-order valence-corrected chi connectivity index (χ4v) is 3.31. The van der Waals surface area contributed by atoms with Crippen LogP contribution in [0.1, 0.15) is 6.92 Å². The van der Waals surface area contributed by atoms with E-state index in [1.165, 1.54) is 19.2 Å². The van der Waals surface area contributed by atoms with E-state index in [1.807, 2.05) is 4.72 Å². The van der Waals surface area contributed by atoms with Crippen molar-refractivity contribution in [1.82, 2.24) is 4.72 Å². The molecule has 0 aliphatic rings. The smallest absolute Gasteiger partial charge is 0.336 e. The van der Waals surface area contributed by atoms with Crippen molar-refractivity contribution in [2.75, 3.05) is 13.7 Å². The number of hydrogen-bond donors (Lipinski definition) is 3. The van der Waals surface area contributed by atoms with Gasteiger partial charge in [0, 0.05) is 10.5 Å². The Morgan fingerprint density at radius 2 is 2.10 bits per heavy atom. The number of nitrogens with one attached hydrogen (secondary N) is 1. The summed E-state index contributed by atoms with van der Waals surface area (Å²) in [7, 11) is -2.60. The summed E-state index contributed by atoms with van der Waals surface area (Å²) in [4.78, 5) is 10.6. The molecule has 0 aliphatic carbocycles. The summed E-state index contributed by atoms with van der Waals surface area (Å²) >= 11 is 3.09. The van der Waals surface area contributed by atoms with Gasteiger partial charge in [-0.3, -0.25) is 0 Å². The molecule has 9 heteroatoms. The maximum absolute atomic E-state index is 12.1. The molecule has 7 nitrogen and oxygen atoms in total. The number of methoxy groups -OCH3 is 1. The SMILES string of the molecule is COc1ccc(Br)c(S(=O)(=O)NCC(C)(O)C(=O)O)c1. The van der Waals surface area contributed by atoms with Gasteiger partial charge in [-0.1, -0.05) is 0 Å². The average molecular weight is 368 g/mol. The van der Waals surface area contributed by atoms with E-state index in [0.717, 1.165) is 6.92 Å². The minimum atomic E-state index is -3.99. The monoisotopic (exact) mass is 367 g/mol. The van der Waals surface area contributed by atoms with Crippen molar-refractivity contribution in [3.05, 3.63) is 22.7 Å². The van der Waals surface area contributed by atoms with Crippen molar-refractivity contribution in [2.45, 2.75) is 17.4 Å². The summed E-state index contributed by atoms with van der Waals surface area (Å²) in [6, 6.07) is 4.33. The molecule has 0 aliphatic heterocycles. The van der Waals surface area contributed by atoms with Crippen LogP contribution in [0.4, 0.5) is 0 Å². The van der Waals surface area contributed by atoms with E-state index >= 15 is 0 Å². The first-order valence-electron chi connectivity index (χ1n) is 5.39. The summed E-state index contributed by atoms with van der Waals surface area (Å²) < 4.78 is 31.4. The van der Waals surface area contributed by atoms with Crippen LogP contribution in [0.5, 0.6) is 5.75 Å². The summed E-state index contributed by atoms with van der Waals surface area (Å²) in [6.07, 6.45) is 0. The standard InChI is InChI=1S/C11H14BrNO6S/c1-11(16,10(14)15)6-13-20(17,18)9-5-7(19-2)3-4-8(9)12/h3-5,13,16H,6H2,1-2H3,(H,14,15). The summed E-state index contributed by atoms with van der Waals surface area (Å²) in [5.41, 5.74) is -2.20. The van der Waals surface area contributed by atoms with Crippen molar-refractivity contribution >= 4 is 31.9 Å². The lowest BCUT2D eigenvalue weighted by atomic mass is 10.1. The third-order valence-corrected chi connectivity index (χ3v) is 4.89. The molecule has 0 heterocycles. The molecular formula is C11H14BrNO6S. The van der Waals surface area contributed by atoms with Crippen LogP contribution >= 0.6 is 15.9 Å². The van der Waals surface area contributed by atoms with Crippen molar-refractivity contribution < 1.29 is 28.2 Å². The summed E-state index contributed by atoms with van der Waals surface area (Å²) in [5, 5.41) is 18.2. The van der Waals surface area contributed by atoms with E-state index in [2.05, 4.69) is 15.9 Å². The lowest BCUT2D eigenvalue weighted by Gasteiger charge is -2.18. The molecule has 0 spiro atoms. The number of carboxylic acids is 1. The van der Waals surface area contributed by atoms with Gasteiger partial charge in [-0.25, -0.2) is 17.9 Å². The molecule has 1 atom stereocenters. The second kappa shape index (κ2) is 6.08. The highest BCUT2D eigenvalue weighted by Crippen LogP contribution is 2.26. The van der Waals surface area contributed by atoms with Crippen LogP contribution in [0.2, 0.25) is 0 Å². The average Bonchev–Trinajstić information content (AvgIpc) is 2.37. The first-order chi connectivity index (χ1) is 9.10. The van der Waals surface area contributed by atoms with E-state index in [9.17, 15) is 18.3 Å². The number of hydrogen-bond acceptors (Lipinski definition) is 5. The Morgan fingerprint density at radius 3 is 2.60 bits per heavy atom. The Morgan fingerprint density at radius 1 is 1.50 bits per heavy atom. The van der Waals surface area contributed by atoms with Crippen LogP contribution in [-0.2, 0) is 14.8 Å². The summed E-state index contributed by atoms with van der Waals surface area (Å²) in [6.45, 7) is 0.340. The molecule has 0 fully saturated rings. The second-order valence-electron chi connectivity index (χ2n) is 4.20. The number of carboxylic acid groups (broad SMARTS) is 1. The Bertz CT molecular complexity index is 613. The van der Waals surface area contributed by atoms with E-state index in [0.29, 0.717) is 10.2 Å². The van der Waals surface area contributed by atoms with Gasteiger partial charge in [0.2, 0.25) is 10.0 Å². The molecule has 20 heavy (non-hydrogen) atoms. The van der Waals surface area contributed by atoms with Gasteiger partial charge in [0.25, 0.3) is 0 Å². The van der Waals surface area contributed by atoms with Crippen LogP contribution in [0.3, 0.4) is 0 Å². The second-order valence-corrected chi connectivity index (χ2v) is 6.79. The number of benzene rings is 1.